The number of anilines is 1. The Balaban J connectivity index is 1.53. The van der Waals surface area contributed by atoms with Gasteiger partial charge in [0.15, 0.2) is 0 Å². The zero-order valence-corrected chi connectivity index (χ0v) is 15.3. The van der Waals surface area contributed by atoms with Crippen LogP contribution in [0.3, 0.4) is 0 Å². The van der Waals surface area contributed by atoms with Crippen LogP contribution < -0.4 is 10.6 Å². The Morgan fingerprint density at radius 2 is 1.97 bits per heavy atom. The molecule has 0 aromatic heterocycles. The standard InChI is InChI=1S/C21H16N4O4/c22-10-12-3-1-2-4-15(12)19(27)23-14-5-6-16-13(9-14)11-25(21(16)29)17-7-8-18(26)24-20(17)28/h1-6,9,17H,7-8,11H2,(H,23,27)(H,24,26,28). The summed E-state index contributed by atoms with van der Waals surface area (Å²) in [6.45, 7) is 0.221. The first-order valence-corrected chi connectivity index (χ1v) is 9.06. The van der Waals surface area contributed by atoms with Crippen molar-refractivity contribution >= 4 is 29.3 Å². The van der Waals surface area contributed by atoms with Gasteiger partial charge >= 0.3 is 0 Å². The van der Waals surface area contributed by atoms with Gasteiger partial charge in [0.2, 0.25) is 11.8 Å². The van der Waals surface area contributed by atoms with Crippen LogP contribution in [0.1, 0.15) is 44.7 Å². The molecule has 1 saturated heterocycles. The van der Waals surface area contributed by atoms with Crippen molar-refractivity contribution in [3.05, 3.63) is 64.7 Å². The van der Waals surface area contributed by atoms with E-state index in [1.54, 1.807) is 42.5 Å². The maximum absolute atomic E-state index is 12.7. The van der Waals surface area contributed by atoms with E-state index < -0.39 is 17.9 Å². The van der Waals surface area contributed by atoms with Gasteiger partial charge in [0, 0.05) is 24.2 Å². The predicted octanol–water partition coefficient (Wildman–Crippen LogP) is 1.57. The normalized spacial score (nSPS) is 18.1. The van der Waals surface area contributed by atoms with Gasteiger partial charge in [-0.1, -0.05) is 12.1 Å². The predicted molar refractivity (Wildman–Crippen MR) is 102 cm³/mol. The van der Waals surface area contributed by atoms with Crippen molar-refractivity contribution in [2.24, 2.45) is 0 Å². The number of carbonyl (C=O) groups is 4. The van der Waals surface area contributed by atoms with Gasteiger partial charge in [0.05, 0.1) is 17.2 Å². The molecule has 0 radical (unpaired) electrons. The van der Waals surface area contributed by atoms with Gasteiger partial charge in [0.25, 0.3) is 11.8 Å². The molecule has 2 aliphatic rings. The van der Waals surface area contributed by atoms with E-state index in [0.29, 0.717) is 23.2 Å². The lowest BCUT2D eigenvalue weighted by Gasteiger charge is -2.29. The van der Waals surface area contributed by atoms with E-state index >= 15 is 0 Å². The monoisotopic (exact) mass is 388 g/mol. The van der Waals surface area contributed by atoms with Crippen molar-refractivity contribution in [1.29, 1.82) is 5.26 Å². The molecule has 2 aliphatic heterocycles. The fraction of sp³-hybridized carbons (Fsp3) is 0.190. The number of hydrogen-bond donors (Lipinski definition) is 2. The van der Waals surface area contributed by atoms with Crippen LogP contribution in [0.4, 0.5) is 5.69 Å². The molecule has 144 valence electrons. The summed E-state index contributed by atoms with van der Waals surface area (Å²) in [6, 6.07) is 12.7. The Kier molecular flexibility index (Phi) is 4.56. The summed E-state index contributed by atoms with van der Waals surface area (Å²) in [7, 11) is 0. The van der Waals surface area contributed by atoms with Gasteiger partial charge in [-0.25, -0.2) is 0 Å². The van der Waals surface area contributed by atoms with Gasteiger partial charge in [-0.15, -0.1) is 0 Å². The third-order valence-electron chi connectivity index (χ3n) is 5.07. The van der Waals surface area contributed by atoms with Crippen molar-refractivity contribution in [2.45, 2.75) is 25.4 Å². The molecule has 1 unspecified atom stereocenters. The van der Waals surface area contributed by atoms with Crippen molar-refractivity contribution in [1.82, 2.24) is 10.2 Å². The minimum Gasteiger partial charge on any atom is -0.322 e. The van der Waals surface area contributed by atoms with Crippen molar-refractivity contribution in [3.63, 3.8) is 0 Å². The van der Waals surface area contributed by atoms with Crippen LogP contribution in [-0.2, 0) is 16.1 Å². The minimum atomic E-state index is -0.687. The molecular weight excluding hydrogens is 372 g/mol. The van der Waals surface area contributed by atoms with Gasteiger partial charge in [-0.3, -0.25) is 24.5 Å². The number of nitriles is 1. The molecular formula is C21H16N4O4. The van der Waals surface area contributed by atoms with Crippen molar-refractivity contribution in [2.75, 3.05) is 5.32 Å². The molecule has 29 heavy (non-hydrogen) atoms. The average molecular weight is 388 g/mol. The molecule has 0 spiro atoms. The molecule has 0 saturated carbocycles. The molecule has 2 aromatic carbocycles. The highest BCUT2D eigenvalue weighted by Gasteiger charge is 2.39. The Hall–Kier alpha value is -3.99. The fourth-order valence-corrected chi connectivity index (χ4v) is 3.63. The summed E-state index contributed by atoms with van der Waals surface area (Å²) in [5.41, 5.74) is 2.16. The molecule has 0 bridgehead atoms. The minimum absolute atomic E-state index is 0.191. The van der Waals surface area contributed by atoms with E-state index in [1.807, 2.05) is 6.07 Å². The van der Waals surface area contributed by atoms with Gasteiger partial charge < -0.3 is 10.2 Å². The number of imide groups is 1. The fourth-order valence-electron chi connectivity index (χ4n) is 3.63. The van der Waals surface area contributed by atoms with E-state index in [9.17, 15) is 19.2 Å². The topological polar surface area (TPSA) is 119 Å². The second-order valence-electron chi connectivity index (χ2n) is 6.88. The van der Waals surface area contributed by atoms with Gasteiger partial charge in [-0.05, 0) is 42.3 Å². The van der Waals surface area contributed by atoms with Crippen molar-refractivity contribution < 1.29 is 19.2 Å². The maximum Gasteiger partial charge on any atom is 0.257 e. The van der Waals surface area contributed by atoms with E-state index in [1.165, 1.54) is 4.90 Å². The molecule has 8 nitrogen and oxygen atoms in total. The van der Waals surface area contributed by atoms with E-state index in [0.717, 1.165) is 0 Å². The summed E-state index contributed by atoms with van der Waals surface area (Å²) < 4.78 is 0. The Morgan fingerprint density at radius 3 is 2.72 bits per heavy atom. The van der Waals surface area contributed by atoms with Gasteiger partial charge in [0.1, 0.15) is 6.04 Å². The molecule has 2 N–H and O–H groups in total. The Morgan fingerprint density at radius 1 is 1.17 bits per heavy atom. The van der Waals surface area contributed by atoms with Crippen LogP contribution in [0, 0.1) is 11.3 Å². The summed E-state index contributed by atoms with van der Waals surface area (Å²) in [4.78, 5) is 50.1. The first-order valence-electron chi connectivity index (χ1n) is 9.06. The summed E-state index contributed by atoms with van der Waals surface area (Å²) in [5, 5.41) is 14.2. The molecule has 8 heteroatoms. The molecule has 0 aliphatic carbocycles. The lowest BCUT2D eigenvalue weighted by atomic mass is 10.0. The highest BCUT2D eigenvalue weighted by atomic mass is 16.2. The largest absolute Gasteiger partial charge is 0.322 e. The lowest BCUT2D eigenvalue weighted by molar-refractivity contribution is -0.136. The van der Waals surface area contributed by atoms with E-state index in [2.05, 4.69) is 10.6 Å². The SMILES string of the molecule is N#Cc1ccccc1C(=O)Nc1ccc2c(c1)CN(C1CCC(=O)NC1=O)C2=O. The van der Waals surface area contributed by atoms with Crippen LogP contribution in [0.25, 0.3) is 0 Å². The molecule has 2 aromatic rings. The number of fused-ring (bicyclic) bond motifs is 1. The first-order chi connectivity index (χ1) is 14.0. The zero-order chi connectivity index (χ0) is 20.5. The second-order valence-corrected chi connectivity index (χ2v) is 6.88. The third kappa shape index (κ3) is 3.34. The number of nitrogens with zero attached hydrogens (tertiary/aromatic N) is 2. The van der Waals surface area contributed by atoms with Crippen LogP contribution in [0.5, 0.6) is 0 Å². The van der Waals surface area contributed by atoms with Crippen LogP contribution in [0.2, 0.25) is 0 Å². The molecule has 1 fully saturated rings. The van der Waals surface area contributed by atoms with Crippen molar-refractivity contribution in [3.8, 4) is 6.07 Å². The molecule has 4 amide bonds. The summed E-state index contributed by atoms with van der Waals surface area (Å²) >= 11 is 0. The average Bonchev–Trinajstić information content (AvgIpc) is 3.03. The maximum atomic E-state index is 12.7. The number of hydrogen-bond acceptors (Lipinski definition) is 5. The van der Waals surface area contributed by atoms with Crippen LogP contribution >= 0.6 is 0 Å². The van der Waals surface area contributed by atoms with E-state index in [4.69, 9.17) is 5.26 Å². The number of benzene rings is 2. The third-order valence-corrected chi connectivity index (χ3v) is 5.07. The Bertz CT molecular complexity index is 1100. The number of carbonyl (C=O) groups excluding carboxylic acids is 4. The quantitative estimate of drug-likeness (QED) is 0.774. The molecule has 1 atom stereocenters. The smallest absolute Gasteiger partial charge is 0.257 e. The highest BCUT2D eigenvalue weighted by Crippen LogP contribution is 2.29. The van der Waals surface area contributed by atoms with E-state index in [-0.39, 0.29) is 35.9 Å². The number of amides is 4. The molecule has 4 rings (SSSR count). The number of nitrogens with one attached hydrogen (secondary N) is 2. The molecule has 2 heterocycles. The highest BCUT2D eigenvalue weighted by molar-refractivity contribution is 6.07. The number of piperidine rings is 1. The first kappa shape index (κ1) is 18.4. The lowest BCUT2D eigenvalue weighted by Crippen LogP contribution is -2.52. The second kappa shape index (κ2) is 7.20. The summed E-state index contributed by atoms with van der Waals surface area (Å²) in [6.07, 6.45) is 0.481. The number of rotatable bonds is 3. The Labute approximate surface area is 166 Å². The van der Waals surface area contributed by atoms with Gasteiger partial charge in [-0.2, -0.15) is 5.26 Å². The summed E-state index contributed by atoms with van der Waals surface area (Å²) in [5.74, 6) is -1.50. The van der Waals surface area contributed by atoms with Crippen LogP contribution in [0.15, 0.2) is 42.5 Å². The van der Waals surface area contributed by atoms with Crippen LogP contribution in [-0.4, -0.2) is 34.6 Å². The zero-order valence-electron chi connectivity index (χ0n) is 15.3.